The third-order valence-corrected chi connectivity index (χ3v) is 8.53. The Hall–Kier alpha value is -3.34. The van der Waals surface area contributed by atoms with E-state index in [0.717, 1.165) is 73.1 Å². The number of benzene rings is 2. The van der Waals surface area contributed by atoms with E-state index in [1.807, 2.05) is 11.0 Å². The number of aliphatic hydroxyl groups excluding tert-OH is 1. The number of carbonyl (C=O) groups excluding carboxylic acids is 1. The molecule has 2 fully saturated rings. The molecule has 3 aliphatic rings. The van der Waals surface area contributed by atoms with E-state index in [-0.39, 0.29) is 11.9 Å². The molecule has 1 N–H and O–H groups in total. The smallest absolute Gasteiger partial charge is 0.254 e. The summed E-state index contributed by atoms with van der Waals surface area (Å²) in [5.74, 6) is 0.0488. The molecule has 3 aromatic rings. The predicted octanol–water partition coefficient (Wildman–Crippen LogP) is 3.95. The Bertz CT molecular complexity index is 1330. The maximum Gasteiger partial charge on any atom is 0.254 e. The zero-order chi connectivity index (χ0) is 24.7. The number of piperidine rings is 1. The average molecular weight is 482 g/mol. The van der Waals surface area contributed by atoms with Gasteiger partial charge in [-0.15, -0.1) is 0 Å². The van der Waals surface area contributed by atoms with Crippen LogP contribution in [0.15, 0.2) is 48.9 Å². The number of hydrogen-bond donors (Lipinski definition) is 1. The topological polar surface area (TPSA) is 93.3 Å². The Morgan fingerprint density at radius 2 is 1.89 bits per heavy atom. The number of rotatable bonds is 4. The van der Waals surface area contributed by atoms with E-state index < -0.39 is 11.5 Å². The summed E-state index contributed by atoms with van der Waals surface area (Å²) < 4.78 is 0. The quantitative estimate of drug-likeness (QED) is 0.607. The third-order valence-electron chi connectivity index (χ3n) is 8.53. The second kappa shape index (κ2) is 9.27. The molecule has 2 atom stereocenters. The first kappa shape index (κ1) is 23.1. The van der Waals surface area contributed by atoms with Gasteiger partial charge in [0.1, 0.15) is 5.41 Å². The van der Waals surface area contributed by atoms with Crippen molar-refractivity contribution in [2.45, 2.75) is 69.2 Å². The van der Waals surface area contributed by atoms with Crippen LogP contribution in [0.3, 0.4) is 0 Å². The van der Waals surface area contributed by atoms with Gasteiger partial charge in [-0.25, -0.2) is 0 Å². The van der Waals surface area contributed by atoms with Gasteiger partial charge in [-0.1, -0.05) is 37.1 Å². The van der Waals surface area contributed by atoms with E-state index in [1.54, 1.807) is 18.6 Å². The minimum atomic E-state index is -0.595. The van der Waals surface area contributed by atoms with Crippen LogP contribution in [-0.4, -0.2) is 56.0 Å². The van der Waals surface area contributed by atoms with Crippen molar-refractivity contribution in [2.75, 3.05) is 13.1 Å². The van der Waals surface area contributed by atoms with Crippen LogP contribution in [0.1, 0.15) is 65.7 Å². The van der Waals surface area contributed by atoms with Crippen LogP contribution in [0.25, 0.3) is 10.8 Å². The van der Waals surface area contributed by atoms with Gasteiger partial charge >= 0.3 is 0 Å². The number of hydrogen-bond acceptors (Lipinski definition) is 6. The molecule has 0 radical (unpaired) electrons. The SMILES string of the molecule is N#CC1(c2cnccn2)CCN(Cc2cc3c(c4ccccc24)CN([C@H]2CCCC[C@@H]2O)C3=O)CC1. The summed E-state index contributed by atoms with van der Waals surface area (Å²) in [4.78, 5) is 26.5. The van der Waals surface area contributed by atoms with Crippen molar-refractivity contribution in [3.05, 3.63) is 71.3 Å². The minimum absolute atomic E-state index is 0.0488. The summed E-state index contributed by atoms with van der Waals surface area (Å²) in [7, 11) is 0. The Balaban J connectivity index is 1.27. The normalized spacial score (nSPS) is 24.0. The fourth-order valence-corrected chi connectivity index (χ4v) is 6.43. The molecule has 1 amide bonds. The monoisotopic (exact) mass is 481 g/mol. The lowest BCUT2D eigenvalue weighted by Crippen LogP contribution is -2.45. The highest BCUT2D eigenvalue weighted by atomic mass is 16.3. The second-order valence-corrected chi connectivity index (χ2v) is 10.5. The predicted molar refractivity (Wildman–Crippen MR) is 136 cm³/mol. The standard InChI is InChI=1S/C29H31N5O2/c30-19-29(27-16-31-11-12-32-27)9-13-33(14-10-29)17-20-15-23-24(22-6-2-1-5-21(20)22)18-34(28(23)36)25-7-3-4-8-26(25)35/h1-2,5-6,11-12,15-16,25-26,35H,3-4,7-10,13-14,17-18H2/t25-,26-/m0/s1. The molecular formula is C29H31N5O2. The molecule has 184 valence electrons. The number of nitrogens with zero attached hydrogens (tertiary/aromatic N) is 5. The van der Waals surface area contributed by atoms with Gasteiger partial charge in [0.05, 0.1) is 30.1 Å². The van der Waals surface area contributed by atoms with Crippen molar-refractivity contribution in [1.29, 1.82) is 5.26 Å². The van der Waals surface area contributed by atoms with Crippen molar-refractivity contribution in [3.63, 3.8) is 0 Å². The van der Waals surface area contributed by atoms with Gasteiger partial charge in [0, 0.05) is 44.1 Å². The lowest BCUT2D eigenvalue weighted by atomic mass is 9.77. The number of likely N-dealkylation sites (tertiary alicyclic amines) is 1. The summed E-state index contributed by atoms with van der Waals surface area (Å²) >= 11 is 0. The minimum Gasteiger partial charge on any atom is -0.391 e. The van der Waals surface area contributed by atoms with Gasteiger partial charge in [0.25, 0.3) is 5.91 Å². The van der Waals surface area contributed by atoms with Gasteiger partial charge in [0.15, 0.2) is 0 Å². The van der Waals surface area contributed by atoms with Crippen LogP contribution < -0.4 is 0 Å². The maximum absolute atomic E-state index is 13.6. The van der Waals surface area contributed by atoms with Gasteiger partial charge in [-0.3, -0.25) is 19.7 Å². The third kappa shape index (κ3) is 3.85. The molecule has 1 aliphatic carbocycles. The molecule has 0 unspecified atom stereocenters. The largest absolute Gasteiger partial charge is 0.391 e. The Kier molecular flexibility index (Phi) is 5.94. The zero-order valence-electron chi connectivity index (χ0n) is 20.4. The van der Waals surface area contributed by atoms with Crippen LogP contribution in [0.5, 0.6) is 0 Å². The van der Waals surface area contributed by atoms with Crippen LogP contribution in [0.2, 0.25) is 0 Å². The molecule has 2 aliphatic heterocycles. The van der Waals surface area contributed by atoms with E-state index in [1.165, 1.54) is 5.39 Å². The highest BCUT2D eigenvalue weighted by Gasteiger charge is 2.40. The van der Waals surface area contributed by atoms with Crippen LogP contribution in [0, 0.1) is 11.3 Å². The number of fused-ring (bicyclic) bond motifs is 3. The molecular weight excluding hydrogens is 450 g/mol. The highest BCUT2D eigenvalue weighted by Crippen LogP contribution is 2.38. The van der Waals surface area contributed by atoms with Gasteiger partial charge in [0.2, 0.25) is 0 Å². The van der Waals surface area contributed by atoms with Crippen LogP contribution >= 0.6 is 0 Å². The number of nitriles is 1. The molecule has 3 heterocycles. The number of aliphatic hydroxyl groups is 1. The lowest BCUT2D eigenvalue weighted by molar-refractivity contribution is 0.0192. The summed E-state index contributed by atoms with van der Waals surface area (Å²) in [6, 6.07) is 12.9. The molecule has 1 aromatic heterocycles. The number of amides is 1. The second-order valence-electron chi connectivity index (χ2n) is 10.5. The Morgan fingerprint density at radius 1 is 1.11 bits per heavy atom. The summed E-state index contributed by atoms with van der Waals surface area (Å²) in [5.41, 5.74) is 3.17. The summed E-state index contributed by atoms with van der Waals surface area (Å²) in [5, 5.41) is 22.9. The molecule has 1 saturated carbocycles. The number of carbonyl (C=O) groups is 1. The van der Waals surface area contributed by atoms with E-state index in [2.05, 4.69) is 45.2 Å². The lowest BCUT2D eigenvalue weighted by Gasteiger charge is -2.36. The van der Waals surface area contributed by atoms with E-state index in [9.17, 15) is 15.2 Å². The van der Waals surface area contributed by atoms with Crippen LogP contribution in [-0.2, 0) is 18.5 Å². The fraction of sp³-hybridized carbons (Fsp3) is 0.448. The van der Waals surface area contributed by atoms with Crippen molar-refractivity contribution in [3.8, 4) is 6.07 Å². The van der Waals surface area contributed by atoms with Crippen molar-refractivity contribution in [2.24, 2.45) is 0 Å². The van der Waals surface area contributed by atoms with Gasteiger partial charge in [-0.2, -0.15) is 5.26 Å². The first-order chi connectivity index (χ1) is 17.6. The summed E-state index contributed by atoms with van der Waals surface area (Å²) in [6.45, 7) is 2.87. The maximum atomic E-state index is 13.6. The molecule has 0 spiro atoms. The van der Waals surface area contributed by atoms with Gasteiger partial charge < -0.3 is 10.0 Å². The van der Waals surface area contributed by atoms with E-state index in [4.69, 9.17) is 0 Å². The average Bonchev–Trinajstić information content (AvgIpc) is 3.26. The number of aromatic nitrogens is 2. The fourth-order valence-electron chi connectivity index (χ4n) is 6.43. The van der Waals surface area contributed by atoms with Crippen molar-refractivity contribution >= 4 is 16.7 Å². The highest BCUT2D eigenvalue weighted by molar-refractivity contribution is 6.05. The molecule has 7 nitrogen and oxygen atoms in total. The van der Waals surface area contributed by atoms with Crippen LogP contribution in [0.4, 0.5) is 0 Å². The first-order valence-corrected chi connectivity index (χ1v) is 13.0. The van der Waals surface area contributed by atoms with Crippen molar-refractivity contribution in [1.82, 2.24) is 19.8 Å². The summed E-state index contributed by atoms with van der Waals surface area (Å²) in [6.07, 6.45) is 9.70. The Morgan fingerprint density at radius 3 is 2.61 bits per heavy atom. The molecule has 1 saturated heterocycles. The molecule has 6 rings (SSSR count). The van der Waals surface area contributed by atoms with E-state index in [0.29, 0.717) is 19.4 Å². The first-order valence-electron chi connectivity index (χ1n) is 13.0. The van der Waals surface area contributed by atoms with Crippen molar-refractivity contribution < 1.29 is 9.90 Å². The molecule has 7 heteroatoms. The van der Waals surface area contributed by atoms with E-state index >= 15 is 0 Å². The molecule has 36 heavy (non-hydrogen) atoms. The zero-order valence-corrected chi connectivity index (χ0v) is 20.4. The Labute approximate surface area is 211 Å². The van der Waals surface area contributed by atoms with Gasteiger partial charge in [-0.05, 0) is 53.6 Å². The molecule has 0 bridgehead atoms. The molecule has 2 aromatic carbocycles.